The maximum absolute atomic E-state index is 12.4. The second-order valence-electron chi connectivity index (χ2n) is 8.92. The Morgan fingerprint density at radius 1 is 0.861 bits per heavy atom. The van der Waals surface area contributed by atoms with Gasteiger partial charge in [0.1, 0.15) is 24.9 Å². The van der Waals surface area contributed by atoms with Gasteiger partial charge in [0.15, 0.2) is 11.5 Å². The monoisotopic (exact) mass is 509 g/mol. The van der Waals surface area contributed by atoms with Crippen molar-refractivity contribution >= 4 is 24.1 Å². The van der Waals surface area contributed by atoms with Gasteiger partial charge in [-0.2, -0.15) is 0 Å². The van der Waals surface area contributed by atoms with Crippen molar-refractivity contribution in [2.75, 3.05) is 6.61 Å². The zero-order valence-electron chi connectivity index (χ0n) is 22.0. The first-order valence-corrected chi connectivity index (χ1v) is 12.3. The first-order chi connectivity index (χ1) is 17.0. The molecular weight excluding hydrogens is 470 g/mol. The van der Waals surface area contributed by atoms with Crippen LogP contribution in [-0.4, -0.2) is 48.9 Å². The molecule has 0 bridgehead atoms. The smallest absolute Gasteiger partial charge is 0.461 e. The molecule has 10 heteroatoms. The number of nitrogens with two attached hydrogens (primary N) is 1. The molecular formula is C26H39NO9. The van der Waals surface area contributed by atoms with Gasteiger partial charge in [-0.15, -0.1) is 0 Å². The lowest BCUT2D eigenvalue weighted by atomic mass is 10.1. The zero-order valence-corrected chi connectivity index (χ0v) is 22.0. The Morgan fingerprint density at radius 3 is 2.00 bits per heavy atom. The first kappa shape index (κ1) is 30.9. The fourth-order valence-electron chi connectivity index (χ4n) is 2.76. The van der Waals surface area contributed by atoms with Crippen LogP contribution in [0.5, 0.6) is 11.5 Å². The fraction of sp³-hybridized carbons (Fsp3) is 0.615. The van der Waals surface area contributed by atoms with E-state index in [1.54, 1.807) is 19.9 Å². The van der Waals surface area contributed by atoms with Crippen LogP contribution in [0, 0.1) is 5.92 Å². The summed E-state index contributed by atoms with van der Waals surface area (Å²) in [5.41, 5.74) is 6.57. The average molecular weight is 510 g/mol. The van der Waals surface area contributed by atoms with Gasteiger partial charge in [-0.3, -0.25) is 14.4 Å². The number of carbonyl (C=O) groups is 4. The van der Waals surface area contributed by atoms with E-state index in [2.05, 4.69) is 0 Å². The summed E-state index contributed by atoms with van der Waals surface area (Å²) in [7, 11) is 0. The second-order valence-corrected chi connectivity index (χ2v) is 8.92. The van der Waals surface area contributed by atoms with Crippen molar-refractivity contribution in [2.45, 2.75) is 91.9 Å². The minimum Gasteiger partial charge on any atom is -0.461 e. The van der Waals surface area contributed by atoms with Gasteiger partial charge < -0.3 is 29.4 Å². The molecule has 0 aromatic heterocycles. The fourth-order valence-corrected chi connectivity index (χ4v) is 2.76. The number of esters is 3. The number of ether oxygens (including phenoxy) is 5. The molecule has 0 aliphatic rings. The van der Waals surface area contributed by atoms with Crippen LogP contribution in [0.15, 0.2) is 18.2 Å². The topological polar surface area (TPSA) is 140 Å². The predicted octanol–water partition coefficient (Wildman–Crippen LogP) is 4.10. The SMILES string of the molecule is CCCC(=O)Oc1ccc(C[C@H](N)C(=O)OC[C@H](C)OC(=O)OC(C)C(C)C)cc1OC(=O)CCC. The van der Waals surface area contributed by atoms with Gasteiger partial charge in [-0.05, 0) is 56.7 Å². The molecule has 0 heterocycles. The van der Waals surface area contributed by atoms with Crippen LogP contribution >= 0.6 is 0 Å². The molecule has 0 radical (unpaired) electrons. The van der Waals surface area contributed by atoms with Crippen molar-refractivity contribution < 1.29 is 42.9 Å². The van der Waals surface area contributed by atoms with Crippen LogP contribution < -0.4 is 15.2 Å². The van der Waals surface area contributed by atoms with Crippen molar-refractivity contribution in [2.24, 2.45) is 11.7 Å². The molecule has 0 saturated heterocycles. The Kier molecular flexibility index (Phi) is 13.5. The van der Waals surface area contributed by atoms with Crippen molar-refractivity contribution in [3.05, 3.63) is 23.8 Å². The molecule has 10 nitrogen and oxygen atoms in total. The summed E-state index contributed by atoms with van der Waals surface area (Å²) in [4.78, 5) is 48.1. The summed E-state index contributed by atoms with van der Waals surface area (Å²) in [5.74, 6) is -1.29. The van der Waals surface area contributed by atoms with E-state index >= 15 is 0 Å². The highest BCUT2D eigenvalue weighted by Crippen LogP contribution is 2.30. The quantitative estimate of drug-likeness (QED) is 0.288. The molecule has 0 fully saturated rings. The van der Waals surface area contributed by atoms with E-state index in [1.165, 1.54) is 12.1 Å². The number of hydrogen-bond donors (Lipinski definition) is 1. The normalized spacial score (nSPS) is 13.3. The molecule has 1 rings (SSSR count). The number of rotatable bonds is 14. The summed E-state index contributed by atoms with van der Waals surface area (Å²) in [6, 6.07) is 3.59. The second kappa shape index (κ2) is 15.8. The van der Waals surface area contributed by atoms with E-state index < -0.39 is 36.2 Å². The molecule has 2 N–H and O–H groups in total. The number of hydrogen-bond acceptors (Lipinski definition) is 10. The van der Waals surface area contributed by atoms with Gasteiger partial charge in [-0.25, -0.2) is 4.79 Å². The third-order valence-corrected chi connectivity index (χ3v) is 5.10. The van der Waals surface area contributed by atoms with Crippen LogP contribution in [0.1, 0.15) is 72.8 Å². The van der Waals surface area contributed by atoms with E-state index in [9.17, 15) is 19.2 Å². The Morgan fingerprint density at radius 2 is 1.44 bits per heavy atom. The summed E-state index contributed by atoms with van der Waals surface area (Å²) < 4.78 is 26.1. The van der Waals surface area contributed by atoms with Gasteiger partial charge in [0.25, 0.3) is 0 Å². The summed E-state index contributed by atoms with van der Waals surface area (Å²) in [6.45, 7) is 10.6. The van der Waals surface area contributed by atoms with Gasteiger partial charge in [0, 0.05) is 12.8 Å². The Bertz CT molecular complexity index is 884. The minimum atomic E-state index is -1.03. The van der Waals surface area contributed by atoms with E-state index in [0.29, 0.717) is 18.4 Å². The Labute approximate surface area is 212 Å². The molecule has 3 atom stereocenters. The molecule has 1 unspecified atom stereocenters. The first-order valence-electron chi connectivity index (χ1n) is 12.3. The van der Waals surface area contributed by atoms with Crippen molar-refractivity contribution in [1.29, 1.82) is 0 Å². The van der Waals surface area contributed by atoms with Gasteiger partial charge in [0.2, 0.25) is 0 Å². The van der Waals surface area contributed by atoms with Gasteiger partial charge in [0.05, 0.1) is 0 Å². The minimum absolute atomic E-state index is 0.0729. The molecule has 202 valence electrons. The molecule has 0 aliphatic heterocycles. The molecule has 0 saturated carbocycles. The molecule has 1 aromatic rings. The summed E-state index contributed by atoms with van der Waals surface area (Å²) in [5, 5.41) is 0. The largest absolute Gasteiger partial charge is 0.508 e. The van der Waals surface area contributed by atoms with E-state index in [4.69, 9.17) is 29.4 Å². The lowest BCUT2D eigenvalue weighted by Crippen LogP contribution is -2.36. The van der Waals surface area contributed by atoms with Crippen LogP contribution in [0.2, 0.25) is 0 Å². The number of carbonyl (C=O) groups excluding carboxylic acids is 4. The molecule has 0 aliphatic carbocycles. The van der Waals surface area contributed by atoms with E-state index in [-0.39, 0.29) is 49.4 Å². The molecule has 1 aromatic carbocycles. The Hall–Kier alpha value is -3.14. The predicted molar refractivity (Wildman–Crippen MR) is 131 cm³/mol. The summed E-state index contributed by atoms with van der Waals surface area (Å²) in [6.07, 6.45) is -0.182. The summed E-state index contributed by atoms with van der Waals surface area (Å²) >= 11 is 0. The van der Waals surface area contributed by atoms with Crippen molar-refractivity contribution in [3.63, 3.8) is 0 Å². The maximum atomic E-state index is 12.4. The third kappa shape index (κ3) is 11.5. The molecule has 0 spiro atoms. The van der Waals surface area contributed by atoms with E-state index in [0.717, 1.165) is 0 Å². The van der Waals surface area contributed by atoms with Gasteiger partial charge in [-0.1, -0.05) is 33.8 Å². The number of benzene rings is 1. The highest BCUT2D eigenvalue weighted by molar-refractivity contribution is 5.77. The molecule has 0 amide bonds. The van der Waals surface area contributed by atoms with Crippen LogP contribution in [0.3, 0.4) is 0 Å². The van der Waals surface area contributed by atoms with Crippen LogP contribution in [0.4, 0.5) is 4.79 Å². The van der Waals surface area contributed by atoms with Gasteiger partial charge >= 0.3 is 24.1 Å². The zero-order chi connectivity index (χ0) is 27.3. The average Bonchev–Trinajstić information content (AvgIpc) is 2.79. The van der Waals surface area contributed by atoms with E-state index in [1.807, 2.05) is 27.7 Å². The van der Waals surface area contributed by atoms with Crippen molar-refractivity contribution in [3.8, 4) is 11.5 Å². The third-order valence-electron chi connectivity index (χ3n) is 5.10. The standard InChI is InChI=1S/C26H39NO9/c1-7-9-23(28)35-21-12-11-19(14-22(21)36-24(29)10-8-2)13-20(27)25(30)32-15-17(5)33-26(31)34-18(6)16(3)4/h11-12,14,16-18,20H,7-10,13,15,27H2,1-6H3/t17-,18?,20-/m0/s1. The lowest BCUT2D eigenvalue weighted by molar-refractivity contribution is -0.148. The van der Waals surface area contributed by atoms with Crippen LogP contribution in [-0.2, 0) is 35.0 Å². The Balaban J connectivity index is 2.74. The highest BCUT2D eigenvalue weighted by atomic mass is 16.7. The lowest BCUT2D eigenvalue weighted by Gasteiger charge is -2.19. The maximum Gasteiger partial charge on any atom is 0.508 e. The van der Waals surface area contributed by atoms with Crippen LogP contribution in [0.25, 0.3) is 0 Å². The molecule has 36 heavy (non-hydrogen) atoms. The highest BCUT2D eigenvalue weighted by Gasteiger charge is 2.22. The van der Waals surface area contributed by atoms with Crippen molar-refractivity contribution in [1.82, 2.24) is 0 Å².